The monoisotopic (exact) mass is 334 g/mol. The molecule has 0 spiro atoms. The number of benzene rings is 1. The minimum atomic E-state index is -4.28. The number of nitrogens with zero attached hydrogens (tertiary/aromatic N) is 1. The van der Waals surface area contributed by atoms with E-state index in [9.17, 15) is 13.2 Å². The van der Waals surface area contributed by atoms with Crippen molar-refractivity contribution < 1.29 is 17.8 Å². The maximum absolute atomic E-state index is 11.7. The van der Waals surface area contributed by atoms with Crippen molar-refractivity contribution >= 4 is 43.3 Å². The number of carbonyl (C=O) groups excluding carboxylic acids is 1. The molecule has 1 atom stereocenters. The Bertz CT molecular complexity index is 602. The number of amides is 1. The van der Waals surface area contributed by atoms with Gasteiger partial charge in [-0.05, 0) is 18.2 Å². The van der Waals surface area contributed by atoms with Crippen LogP contribution in [0.5, 0.6) is 0 Å². The first-order valence-corrected chi connectivity index (χ1v) is 7.46. The molecule has 1 aliphatic heterocycles. The minimum Gasteiger partial charge on any atom is -0.397 e. The number of nitrogen functional groups attached to an aromatic ring is 1. The number of anilines is 2. The van der Waals surface area contributed by atoms with Crippen LogP contribution in [0.3, 0.4) is 0 Å². The van der Waals surface area contributed by atoms with E-state index in [0.717, 1.165) is 6.07 Å². The van der Waals surface area contributed by atoms with Crippen LogP contribution in [0.1, 0.15) is 6.42 Å². The highest BCUT2D eigenvalue weighted by Crippen LogP contribution is 2.31. The van der Waals surface area contributed by atoms with E-state index in [1.54, 1.807) is 0 Å². The zero-order valence-electron chi connectivity index (χ0n) is 9.21. The number of nitrogens with two attached hydrogens (primary N) is 1. The first-order chi connectivity index (χ1) is 8.29. The van der Waals surface area contributed by atoms with Crippen molar-refractivity contribution in [2.45, 2.75) is 16.1 Å². The van der Waals surface area contributed by atoms with Gasteiger partial charge in [-0.25, -0.2) is 0 Å². The first kappa shape index (κ1) is 13.3. The minimum absolute atomic E-state index is 0.0608. The van der Waals surface area contributed by atoms with Crippen LogP contribution < -0.4 is 10.6 Å². The number of carbonyl (C=O) groups is 1. The van der Waals surface area contributed by atoms with Crippen molar-refractivity contribution in [2.24, 2.45) is 0 Å². The van der Waals surface area contributed by atoms with E-state index in [0.29, 0.717) is 18.7 Å². The predicted molar refractivity (Wildman–Crippen MR) is 70.4 cm³/mol. The normalized spacial score (nSPS) is 20.4. The molecule has 1 aliphatic rings. The Morgan fingerprint density at radius 1 is 1.44 bits per heavy atom. The van der Waals surface area contributed by atoms with Crippen LogP contribution >= 0.6 is 15.9 Å². The molecule has 1 fully saturated rings. The number of rotatable bonds is 2. The standard InChI is InChI=1S/C10H11BrN2O4S/c11-6-3-10(14)13(5-6)9-2-1-7(4-8(9)12)18(15,16)17/h1-2,4,6H,3,5,12H2,(H,15,16,17). The third-order valence-electron chi connectivity index (χ3n) is 2.67. The third-order valence-corrected chi connectivity index (χ3v) is 4.13. The zero-order chi connectivity index (χ0) is 13.5. The Kier molecular flexibility index (Phi) is 3.35. The van der Waals surface area contributed by atoms with E-state index in [-0.39, 0.29) is 21.3 Å². The molecule has 1 unspecified atom stereocenters. The summed E-state index contributed by atoms with van der Waals surface area (Å²) in [6.45, 7) is 0.480. The fraction of sp³-hybridized carbons (Fsp3) is 0.300. The van der Waals surface area contributed by atoms with E-state index >= 15 is 0 Å². The van der Waals surface area contributed by atoms with E-state index in [4.69, 9.17) is 10.3 Å². The number of hydrogen-bond donors (Lipinski definition) is 2. The summed E-state index contributed by atoms with van der Waals surface area (Å²) in [6, 6.07) is 3.77. The van der Waals surface area contributed by atoms with Crippen LogP contribution in [-0.4, -0.2) is 30.2 Å². The number of halogens is 1. The van der Waals surface area contributed by atoms with Crippen LogP contribution in [-0.2, 0) is 14.9 Å². The topological polar surface area (TPSA) is 101 Å². The van der Waals surface area contributed by atoms with E-state index in [2.05, 4.69) is 15.9 Å². The molecular weight excluding hydrogens is 324 g/mol. The molecule has 6 nitrogen and oxygen atoms in total. The Labute approximate surface area is 113 Å². The van der Waals surface area contributed by atoms with Crippen molar-refractivity contribution in [2.75, 3.05) is 17.2 Å². The second kappa shape index (κ2) is 4.52. The lowest BCUT2D eigenvalue weighted by atomic mass is 10.2. The van der Waals surface area contributed by atoms with Crippen LogP contribution in [0.15, 0.2) is 23.1 Å². The van der Waals surface area contributed by atoms with Crippen molar-refractivity contribution in [1.82, 2.24) is 0 Å². The van der Waals surface area contributed by atoms with Gasteiger partial charge in [0.25, 0.3) is 10.1 Å². The molecule has 1 amide bonds. The maximum atomic E-state index is 11.7. The van der Waals surface area contributed by atoms with Gasteiger partial charge < -0.3 is 10.6 Å². The average molecular weight is 335 g/mol. The summed E-state index contributed by atoms with van der Waals surface area (Å²) < 4.78 is 30.8. The van der Waals surface area contributed by atoms with Crippen LogP contribution in [0.25, 0.3) is 0 Å². The molecular formula is C10H11BrN2O4S. The molecule has 98 valence electrons. The molecule has 0 bridgehead atoms. The van der Waals surface area contributed by atoms with Gasteiger partial charge in [0.15, 0.2) is 0 Å². The number of alkyl halides is 1. The summed E-state index contributed by atoms with van der Waals surface area (Å²) in [5, 5.41) is 0. The Morgan fingerprint density at radius 3 is 2.56 bits per heavy atom. The van der Waals surface area contributed by atoms with Gasteiger partial charge in [0.2, 0.25) is 5.91 Å². The van der Waals surface area contributed by atoms with Gasteiger partial charge in [-0.3, -0.25) is 9.35 Å². The van der Waals surface area contributed by atoms with Gasteiger partial charge in [-0.15, -0.1) is 0 Å². The molecule has 0 aliphatic carbocycles. The molecule has 0 saturated carbocycles. The van der Waals surface area contributed by atoms with Crippen molar-refractivity contribution in [1.29, 1.82) is 0 Å². The van der Waals surface area contributed by atoms with E-state index in [1.165, 1.54) is 17.0 Å². The summed E-state index contributed by atoms with van der Waals surface area (Å²) in [7, 11) is -4.28. The lowest BCUT2D eigenvalue weighted by Gasteiger charge is -2.18. The highest BCUT2D eigenvalue weighted by molar-refractivity contribution is 9.09. The molecule has 1 saturated heterocycles. The lowest BCUT2D eigenvalue weighted by Crippen LogP contribution is -2.25. The highest BCUT2D eigenvalue weighted by atomic mass is 79.9. The summed E-state index contributed by atoms with van der Waals surface area (Å²) in [5.74, 6) is -0.0804. The van der Waals surface area contributed by atoms with Crippen molar-refractivity contribution in [3.05, 3.63) is 18.2 Å². The second-order valence-electron chi connectivity index (χ2n) is 4.00. The molecule has 1 aromatic carbocycles. The summed E-state index contributed by atoms with van der Waals surface area (Å²) in [5.41, 5.74) is 6.31. The highest BCUT2D eigenvalue weighted by Gasteiger charge is 2.30. The first-order valence-electron chi connectivity index (χ1n) is 5.10. The van der Waals surface area contributed by atoms with E-state index in [1.807, 2.05) is 0 Å². The van der Waals surface area contributed by atoms with Gasteiger partial charge in [-0.1, -0.05) is 15.9 Å². The molecule has 1 heterocycles. The average Bonchev–Trinajstić information content (AvgIpc) is 2.56. The third kappa shape index (κ3) is 2.50. The fourth-order valence-electron chi connectivity index (χ4n) is 1.84. The molecule has 8 heteroatoms. The van der Waals surface area contributed by atoms with Crippen molar-refractivity contribution in [3.8, 4) is 0 Å². The SMILES string of the molecule is Nc1cc(S(=O)(=O)O)ccc1N1CC(Br)CC1=O. The molecule has 2 rings (SSSR count). The molecule has 1 aromatic rings. The zero-order valence-corrected chi connectivity index (χ0v) is 11.6. The summed E-state index contributed by atoms with van der Waals surface area (Å²) >= 11 is 3.35. The Hall–Kier alpha value is -1.12. The Balaban J connectivity index is 2.40. The quantitative estimate of drug-likeness (QED) is 0.477. The van der Waals surface area contributed by atoms with Crippen molar-refractivity contribution in [3.63, 3.8) is 0 Å². The Morgan fingerprint density at radius 2 is 2.11 bits per heavy atom. The molecule has 0 aromatic heterocycles. The molecule has 0 radical (unpaired) electrons. The predicted octanol–water partition coefficient (Wildman–Crippen LogP) is 1.02. The second-order valence-corrected chi connectivity index (χ2v) is 6.72. The van der Waals surface area contributed by atoms with Crippen LogP contribution in [0.2, 0.25) is 0 Å². The summed E-state index contributed by atoms with van der Waals surface area (Å²) in [6.07, 6.45) is 0.374. The maximum Gasteiger partial charge on any atom is 0.294 e. The smallest absolute Gasteiger partial charge is 0.294 e. The van der Waals surface area contributed by atoms with Crippen LogP contribution in [0.4, 0.5) is 11.4 Å². The lowest BCUT2D eigenvalue weighted by molar-refractivity contribution is -0.117. The van der Waals surface area contributed by atoms with Crippen LogP contribution in [0, 0.1) is 0 Å². The molecule has 18 heavy (non-hydrogen) atoms. The van der Waals surface area contributed by atoms with Gasteiger partial charge in [0.1, 0.15) is 0 Å². The van der Waals surface area contributed by atoms with Gasteiger partial charge in [-0.2, -0.15) is 8.42 Å². The van der Waals surface area contributed by atoms with Gasteiger partial charge in [0, 0.05) is 17.8 Å². The fourth-order valence-corrected chi connectivity index (χ4v) is 2.92. The largest absolute Gasteiger partial charge is 0.397 e. The molecule has 3 N–H and O–H groups in total. The summed E-state index contributed by atoms with van der Waals surface area (Å²) in [4.78, 5) is 13.0. The van der Waals surface area contributed by atoms with Gasteiger partial charge in [0.05, 0.1) is 16.3 Å². The van der Waals surface area contributed by atoms with E-state index < -0.39 is 10.1 Å². The number of hydrogen-bond acceptors (Lipinski definition) is 4. The van der Waals surface area contributed by atoms with Gasteiger partial charge >= 0.3 is 0 Å².